The molecule has 0 aromatic heterocycles. The van der Waals surface area contributed by atoms with E-state index in [1.54, 1.807) is 0 Å². The number of carbonyl (C=O) groups excluding carboxylic acids is 1. The molecule has 0 saturated heterocycles. The van der Waals surface area contributed by atoms with Crippen LogP contribution in [-0.4, -0.2) is 5.97 Å². The van der Waals surface area contributed by atoms with Crippen molar-refractivity contribution in [1.82, 2.24) is 0 Å². The zero-order valence-electron chi connectivity index (χ0n) is 6.56. The molecule has 0 spiro atoms. The summed E-state index contributed by atoms with van der Waals surface area (Å²) in [5.41, 5.74) is -2.13. The van der Waals surface area contributed by atoms with Gasteiger partial charge in [0.1, 0.15) is 5.82 Å². The van der Waals surface area contributed by atoms with Crippen LogP contribution in [0, 0.1) is 5.82 Å². The fourth-order valence-electron chi connectivity index (χ4n) is 0.857. The summed E-state index contributed by atoms with van der Waals surface area (Å²) in [5, 5.41) is 10.2. The molecule has 1 aromatic rings. The Morgan fingerprint density at radius 1 is 1.29 bits per heavy atom. The number of alkyl halides is 3. The van der Waals surface area contributed by atoms with E-state index in [4.69, 9.17) is 0 Å². The quantitative estimate of drug-likeness (QED) is 0.649. The molecule has 1 aromatic carbocycles. The molecule has 0 aliphatic rings. The Bertz CT molecular complexity index is 370. The van der Waals surface area contributed by atoms with Gasteiger partial charge >= 0.3 is 6.18 Å². The first-order valence-corrected chi connectivity index (χ1v) is 3.40. The van der Waals surface area contributed by atoms with E-state index in [2.05, 4.69) is 0 Å². The van der Waals surface area contributed by atoms with E-state index in [-0.39, 0.29) is 6.07 Å². The fraction of sp³-hybridized carbons (Fsp3) is 0.125. The molecular weight excluding hydrogens is 204 g/mol. The second kappa shape index (κ2) is 3.28. The number of carboxylic acids is 1. The minimum absolute atomic E-state index is 0.116. The number of hydrogen-bond acceptors (Lipinski definition) is 2. The monoisotopic (exact) mass is 207 g/mol. The molecule has 76 valence electrons. The lowest BCUT2D eigenvalue weighted by molar-refractivity contribution is -0.255. The third kappa shape index (κ3) is 2.01. The predicted octanol–water partition coefficient (Wildman–Crippen LogP) is 1.21. The van der Waals surface area contributed by atoms with Crippen molar-refractivity contribution in [3.63, 3.8) is 0 Å². The van der Waals surface area contributed by atoms with Crippen LogP contribution in [0.15, 0.2) is 18.2 Å². The van der Waals surface area contributed by atoms with Crippen molar-refractivity contribution in [2.45, 2.75) is 6.18 Å². The minimum atomic E-state index is -4.69. The molecule has 0 fully saturated rings. The summed E-state index contributed by atoms with van der Waals surface area (Å²) in [6, 6.07) is 1.12. The number of benzene rings is 1. The summed E-state index contributed by atoms with van der Waals surface area (Å²) in [7, 11) is 0. The molecule has 0 amide bonds. The van der Waals surface area contributed by atoms with Crippen molar-refractivity contribution in [2.75, 3.05) is 0 Å². The van der Waals surface area contributed by atoms with Gasteiger partial charge in [-0.1, -0.05) is 0 Å². The number of aromatic carboxylic acids is 1. The number of carboxylic acid groups (broad SMARTS) is 1. The van der Waals surface area contributed by atoms with E-state index >= 15 is 0 Å². The summed E-state index contributed by atoms with van der Waals surface area (Å²) >= 11 is 0. The zero-order chi connectivity index (χ0) is 10.9. The van der Waals surface area contributed by atoms with Crippen molar-refractivity contribution in [3.8, 4) is 0 Å². The summed E-state index contributed by atoms with van der Waals surface area (Å²) in [6.07, 6.45) is -4.69. The molecule has 0 aliphatic heterocycles. The van der Waals surface area contributed by atoms with Gasteiger partial charge in [-0.15, -0.1) is 0 Å². The van der Waals surface area contributed by atoms with Crippen LogP contribution < -0.4 is 5.11 Å². The summed E-state index contributed by atoms with van der Waals surface area (Å²) in [6.45, 7) is 0. The van der Waals surface area contributed by atoms with Crippen LogP contribution in [0.5, 0.6) is 0 Å². The Labute approximate surface area is 75.8 Å². The van der Waals surface area contributed by atoms with Gasteiger partial charge in [-0.05, 0) is 18.2 Å². The summed E-state index contributed by atoms with van der Waals surface area (Å²) < 4.78 is 48.6. The fourth-order valence-corrected chi connectivity index (χ4v) is 0.857. The van der Waals surface area contributed by atoms with Crippen LogP contribution in [0.2, 0.25) is 0 Å². The number of rotatable bonds is 1. The minimum Gasteiger partial charge on any atom is -0.545 e. The Balaban J connectivity index is 3.20. The molecule has 0 bridgehead atoms. The molecular formula is C8H3F4O2-. The van der Waals surface area contributed by atoms with Crippen LogP contribution in [0.3, 0.4) is 0 Å². The first kappa shape index (κ1) is 10.5. The van der Waals surface area contributed by atoms with E-state index in [1.807, 2.05) is 0 Å². The smallest absolute Gasteiger partial charge is 0.416 e. The van der Waals surface area contributed by atoms with Crippen molar-refractivity contribution in [2.24, 2.45) is 0 Å². The molecule has 0 atom stereocenters. The third-order valence-electron chi connectivity index (χ3n) is 1.52. The van der Waals surface area contributed by atoms with E-state index in [0.29, 0.717) is 12.1 Å². The first-order valence-electron chi connectivity index (χ1n) is 3.40. The molecule has 0 radical (unpaired) electrons. The van der Waals surface area contributed by atoms with E-state index in [9.17, 15) is 27.5 Å². The second-order valence-electron chi connectivity index (χ2n) is 2.48. The van der Waals surface area contributed by atoms with Gasteiger partial charge in [-0.25, -0.2) is 4.39 Å². The van der Waals surface area contributed by atoms with Crippen LogP contribution >= 0.6 is 0 Å². The zero-order valence-corrected chi connectivity index (χ0v) is 6.56. The Kier molecular flexibility index (Phi) is 2.46. The maximum Gasteiger partial charge on any atom is 0.416 e. The number of halogens is 4. The Morgan fingerprint density at radius 3 is 2.21 bits per heavy atom. The average Bonchev–Trinajstić information content (AvgIpc) is 2.01. The molecule has 1 rings (SSSR count). The van der Waals surface area contributed by atoms with Gasteiger partial charge in [-0.3, -0.25) is 0 Å². The van der Waals surface area contributed by atoms with Crippen molar-refractivity contribution in [3.05, 3.63) is 35.1 Å². The topological polar surface area (TPSA) is 40.1 Å². The average molecular weight is 207 g/mol. The first-order chi connectivity index (χ1) is 6.32. The van der Waals surface area contributed by atoms with Gasteiger partial charge in [0.2, 0.25) is 0 Å². The Morgan fingerprint density at radius 2 is 1.86 bits per heavy atom. The van der Waals surface area contributed by atoms with Crippen LogP contribution in [0.4, 0.5) is 17.6 Å². The largest absolute Gasteiger partial charge is 0.545 e. The van der Waals surface area contributed by atoms with Crippen LogP contribution in [0.1, 0.15) is 15.9 Å². The molecule has 6 heteroatoms. The molecule has 0 aliphatic carbocycles. The highest BCUT2D eigenvalue weighted by molar-refractivity contribution is 5.86. The molecule has 0 unspecified atom stereocenters. The maximum absolute atomic E-state index is 12.7. The van der Waals surface area contributed by atoms with Gasteiger partial charge in [-0.2, -0.15) is 13.2 Å². The van der Waals surface area contributed by atoms with Gasteiger partial charge in [0.25, 0.3) is 0 Å². The molecule has 0 heterocycles. The van der Waals surface area contributed by atoms with Gasteiger partial charge in [0.15, 0.2) is 0 Å². The van der Waals surface area contributed by atoms with Gasteiger partial charge < -0.3 is 9.90 Å². The molecule has 2 nitrogen and oxygen atoms in total. The van der Waals surface area contributed by atoms with E-state index < -0.39 is 29.1 Å². The highest BCUT2D eigenvalue weighted by Gasteiger charge is 2.31. The lowest BCUT2D eigenvalue weighted by Crippen LogP contribution is -2.23. The lowest BCUT2D eigenvalue weighted by Gasteiger charge is -2.09. The van der Waals surface area contributed by atoms with Crippen molar-refractivity contribution in [1.29, 1.82) is 0 Å². The summed E-state index contributed by atoms with van der Waals surface area (Å²) in [5.74, 6) is -3.31. The molecule has 0 N–H and O–H groups in total. The lowest BCUT2D eigenvalue weighted by atomic mass is 10.1. The van der Waals surface area contributed by atoms with E-state index in [1.165, 1.54) is 0 Å². The molecule has 14 heavy (non-hydrogen) atoms. The normalized spacial score (nSPS) is 11.4. The van der Waals surface area contributed by atoms with Crippen molar-refractivity contribution < 1.29 is 27.5 Å². The van der Waals surface area contributed by atoms with Crippen molar-refractivity contribution >= 4 is 5.97 Å². The standard InChI is InChI=1S/C8H4F4O2/c9-6-3-4(8(10,11)12)1-2-5(6)7(13)14/h1-3H,(H,13,14)/p-1. The number of hydrogen-bond donors (Lipinski definition) is 0. The predicted molar refractivity (Wildman–Crippen MR) is 35.7 cm³/mol. The van der Waals surface area contributed by atoms with Crippen LogP contribution in [-0.2, 0) is 6.18 Å². The highest BCUT2D eigenvalue weighted by Crippen LogP contribution is 2.29. The Hall–Kier alpha value is -1.59. The highest BCUT2D eigenvalue weighted by atomic mass is 19.4. The van der Waals surface area contributed by atoms with Gasteiger partial charge in [0, 0.05) is 5.56 Å². The maximum atomic E-state index is 12.7. The third-order valence-corrected chi connectivity index (χ3v) is 1.52. The molecule has 0 saturated carbocycles. The van der Waals surface area contributed by atoms with Gasteiger partial charge in [0.05, 0.1) is 11.5 Å². The second-order valence-corrected chi connectivity index (χ2v) is 2.48. The van der Waals surface area contributed by atoms with E-state index in [0.717, 1.165) is 0 Å². The summed E-state index contributed by atoms with van der Waals surface area (Å²) in [4.78, 5) is 10.2. The SMILES string of the molecule is O=C([O-])c1ccc(C(F)(F)F)cc1F. The van der Waals surface area contributed by atoms with Crippen LogP contribution in [0.25, 0.3) is 0 Å². The number of carbonyl (C=O) groups is 1.